The lowest BCUT2D eigenvalue weighted by atomic mass is 10.4. The Labute approximate surface area is 148 Å². The highest BCUT2D eigenvalue weighted by Crippen LogP contribution is 2.13. The fourth-order valence-corrected chi connectivity index (χ4v) is 2.94. The Bertz CT molecular complexity index is 752. The number of aromatic amines is 1. The average molecular weight is 367 g/mol. The Balaban J connectivity index is 1.78. The SMILES string of the molecule is CCCn1c(SCC(=O)N(C)CC(=O)NCc2ccco2)n[nH]c1=O. The number of furan rings is 1. The van der Waals surface area contributed by atoms with E-state index in [4.69, 9.17) is 4.42 Å². The minimum absolute atomic E-state index is 0.0531. The van der Waals surface area contributed by atoms with Gasteiger partial charge in [-0.25, -0.2) is 9.89 Å². The maximum absolute atomic E-state index is 12.1. The van der Waals surface area contributed by atoms with Crippen molar-refractivity contribution in [3.8, 4) is 0 Å². The quantitative estimate of drug-likeness (QED) is 0.622. The second kappa shape index (κ2) is 9.11. The van der Waals surface area contributed by atoms with Crippen LogP contribution in [0.15, 0.2) is 32.8 Å². The van der Waals surface area contributed by atoms with Gasteiger partial charge in [-0.15, -0.1) is 5.10 Å². The van der Waals surface area contributed by atoms with E-state index in [-0.39, 0.29) is 36.3 Å². The van der Waals surface area contributed by atoms with Crippen LogP contribution < -0.4 is 11.0 Å². The molecule has 25 heavy (non-hydrogen) atoms. The van der Waals surface area contributed by atoms with Crippen molar-refractivity contribution in [2.45, 2.75) is 31.6 Å². The number of thioether (sulfide) groups is 1. The van der Waals surface area contributed by atoms with Gasteiger partial charge in [0.25, 0.3) is 0 Å². The van der Waals surface area contributed by atoms with E-state index in [0.29, 0.717) is 17.5 Å². The number of nitrogens with one attached hydrogen (secondary N) is 2. The van der Waals surface area contributed by atoms with Crippen LogP contribution in [0.5, 0.6) is 0 Å². The van der Waals surface area contributed by atoms with E-state index in [1.807, 2.05) is 6.92 Å². The molecule has 2 amide bonds. The second-order valence-electron chi connectivity index (χ2n) is 5.36. The fourth-order valence-electron chi connectivity index (χ4n) is 2.03. The molecule has 136 valence electrons. The van der Waals surface area contributed by atoms with Gasteiger partial charge in [0.2, 0.25) is 11.8 Å². The van der Waals surface area contributed by atoms with Crippen LogP contribution in [-0.4, -0.2) is 50.8 Å². The molecule has 9 nitrogen and oxygen atoms in total. The van der Waals surface area contributed by atoms with Crippen LogP contribution in [0.3, 0.4) is 0 Å². The number of nitrogens with zero attached hydrogens (tertiary/aromatic N) is 3. The molecule has 2 heterocycles. The first-order chi connectivity index (χ1) is 12.0. The smallest absolute Gasteiger partial charge is 0.343 e. The van der Waals surface area contributed by atoms with Gasteiger partial charge >= 0.3 is 5.69 Å². The van der Waals surface area contributed by atoms with Crippen molar-refractivity contribution >= 4 is 23.6 Å². The zero-order valence-corrected chi connectivity index (χ0v) is 15.0. The molecule has 0 aromatic carbocycles. The van der Waals surface area contributed by atoms with Gasteiger partial charge in [-0.05, 0) is 18.6 Å². The summed E-state index contributed by atoms with van der Waals surface area (Å²) >= 11 is 1.17. The molecule has 0 fully saturated rings. The van der Waals surface area contributed by atoms with Gasteiger partial charge < -0.3 is 14.6 Å². The summed E-state index contributed by atoms with van der Waals surface area (Å²) in [6.45, 7) is 2.71. The van der Waals surface area contributed by atoms with Crippen molar-refractivity contribution in [1.82, 2.24) is 25.0 Å². The predicted octanol–water partition coefficient (Wildman–Crippen LogP) is 0.441. The predicted molar refractivity (Wildman–Crippen MR) is 92.1 cm³/mol. The highest BCUT2D eigenvalue weighted by atomic mass is 32.2. The minimum Gasteiger partial charge on any atom is -0.467 e. The number of carbonyl (C=O) groups is 2. The van der Waals surface area contributed by atoms with Gasteiger partial charge in [0.05, 0.1) is 25.1 Å². The lowest BCUT2D eigenvalue weighted by Crippen LogP contribution is -2.38. The second-order valence-corrected chi connectivity index (χ2v) is 6.30. The van der Waals surface area contributed by atoms with Crippen molar-refractivity contribution in [1.29, 1.82) is 0 Å². The number of rotatable bonds is 9. The van der Waals surface area contributed by atoms with E-state index in [2.05, 4.69) is 15.5 Å². The minimum atomic E-state index is -0.289. The number of amides is 2. The summed E-state index contributed by atoms with van der Waals surface area (Å²) in [5, 5.41) is 9.43. The van der Waals surface area contributed by atoms with Crippen LogP contribution in [0.2, 0.25) is 0 Å². The molecule has 2 aromatic rings. The summed E-state index contributed by atoms with van der Waals surface area (Å²) in [7, 11) is 1.55. The van der Waals surface area contributed by atoms with E-state index >= 15 is 0 Å². The topological polar surface area (TPSA) is 113 Å². The highest BCUT2D eigenvalue weighted by molar-refractivity contribution is 7.99. The Hall–Kier alpha value is -2.49. The van der Waals surface area contributed by atoms with Crippen molar-refractivity contribution in [3.05, 3.63) is 34.6 Å². The molecule has 0 atom stereocenters. The van der Waals surface area contributed by atoms with E-state index < -0.39 is 0 Å². The number of H-pyrrole nitrogens is 1. The first kappa shape index (κ1) is 18.8. The number of aromatic nitrogens is 3. The zero-order chi connectivity index (χ0) is 18.2. The third-order valence-electron chi connectivity index (χ3n) is 3.34. The van der Waals surface area contributed by atoms with E-state index in [1.54, 1.807) is 19.2 Å². The summed E-state index contributed by atoms with van der Waals surface area (Å²) in [5.41, 5.74) is -0.289. The van der Waals surface area contributed by atoms with Gasteiger partial charge in [-0.3, -0.25) is 14.2 Å². The average Bonchev–Trinajstić information content (AvgIpc) is 3.22. The van der Waals surface area contributed by atoms with Crippen molar-refractivity contribution in [2.75, 3.05) is 19.3 Å². The van der Waals surface area contributed by atoms with Crippen LogP contribution in [0.25, 0.3) is 0 Å². The molecular formula is C15H21N5O4S. The molecule has 0 unspecified atom stereocenters. The molecular weight excluding hydrogens is 346 g/mol. The highest BCUT2D eigenvalue weighted by Gasteiger charge is 2.16. The van der Waals surface area contributed by atoms with Gasteiger partial charge in [0.15, 0.2) is 5.16 Å². The fraction of sp³-hybridized carbons (Fsp3) is 0.467. The summed E-state index contributed by atoms with van der Waals surface area (Å²) in [6.07, 6.45) is 2.32. The summed E-state index contributed by atoms with van der Waals surface area (Å²) in [4.78, 5) is 36.9. The lowest BCUT2D eigenvalue weighted by molar-refractivity contribution is -0.132. The molecule has 0 aliphatic heterocycles. The molecule has 0 radical (unpaired) electrons. The largest absolute Gasteiger partial charge is 0.467 e. The Morgan fingerprint density at radius 2 is 2.28 bits per heavy atom. The summed E-state index contributed by atoms with van der Waals surface area (Å²) in [5.74, 6) is 0.234. The van der Waals surface area contributed by atoms with Crippen molar-refractivity contribution in [2.24, 2.45) is 0 Å². The van der Waals surface area contributed by atoms with Gasteiger partial charge in [-0.2, -0.15) is 0 Å². The van der Waals surface area contributed by atoms with Crippen molar-refractivity contribution < 1.29 is 14.0 Å². The molecule has 0 aliphatic rings. The van der Waals surface area contributed by atoms with E-state index in [0.717, 1.165) is 6.42 Å². The standard InChI is InChI=1S/C15H21N5O4S/c1-3-6-20-14(23)17-18-15(20)25-10-13(22)19(2)9-12(21)16-8-11-5-4-7-24-11/h4-5,7H,3,6,8-10H2,1-2H3,(H,16,21)(H,17,23). The third-order valence-corrected chi connectivity index (χ3v) is 4.30. The molecule has 2 aromatic heterocycles. The maximum Gasteiger partial charge on any atom is 0.343 e. The number of hydrogen-bond acceptors (Lipinski definition) is 6. The van der Waals surface area contributed by atoms with Crippen LogP contribution >= 0.6 is 11.8 Å². The number of likely N-dealkylation sites (N-methyl/N-ethyl adjacent to an activating group) is 1. The van der Waals surface area contributed by atoms with Crippen LogP contribution in [0.1, 0.15) is 19.1 Å². The Morgan fingerprint density at radius 1 is 1.48 bits per heavy atom. The van der Waals surface area contributed by atoms with E-state index in [1.165, 1.54) is 27.5 Å². The first-order valence-electron chi connectivity index (χ1n) is 7.82. The maximum atomic E-state index is 12.1. The normalized spacial score (nSPS) is 10.6. The monoisotopic (exact) mass is 367 g/mol. The van der Waals surface area contributed by atoms with E-state index in [9.17, 15) is 14.4 Å². The summed E-state index contributed by atoms with van der Waals surface area (Å²) < 4.78 is 6.61. The van der Waals surface area contributed by atoms with Crippen LogP contribution in [0, 0.1) is 0 Å². The molecule has 0 bridgehead atoms. The molecule has 0 aliphatic carbocycles. The first-order valence-corrected chi connectivity index (χ1v) is 8.80. The van der Waals surface area contributed by atoms with Crippen molar-refractivity contribution in [3.63, 3.8) is 0 Å². The van der Waals surface area contributed by atoms with Gasteiger partial charge in [0, 0.05) is 13.6 Å². The Kier molecular flexibility index (Phi) is 6.87. The lowest BCUT2D eigenvalue weighted by Gasteiger charge is -2.16. The number of carbonyl (C=O) groups excluding carboxylic acids is 2. The van der Waals surface area contributed by atoms with Crippen LogP contribution in [0.4, 0.5) is 0 Å². The molecule has 0 saturated carbocycles. The van der Waals surface area contributed by atoms with Crippen LogP contribution in [-0.2, 0) is 22.7 Å². The molecule has 0 spiro atoms. The van der Waals surface area contributed by atoms with Gasteiger partial charge in [0.1, 0.15) is 5.76 Å². The molecule has 2 rings (SSSR count). The third kappa shape index (κ3) is 5.52. The number of hydrogen-bond donors (Lipinski definition) is 2. The summed E-state index contributed by atoms with van der Waals surface area (Å²) in [6, 6.07) is 3.49. The zero-order valence-electron chi connectivity index (χ0n) is 14.2. The molecule has 0 saturated heterocycles. The molecule has 2 N–H and O–H groups in total. The van der Waals surface area contributed by atoms with Gasteiger partial charge in [-0.1, -0.05) is 18.7 Å². The Morgan fingerprint density at radius 3 is 2.96 bits per heavy atom. The molecule has 10 heteroatoms.